The molecule has 1 saturated heterocycles. The summed E-state index contributed by atoms with van der Waals surface area (Å²) < 4.78 is 17.2. The maximum atomic E-state index is 12.8. The number of rotatable bonds is 12. The highest BCUT2D eigenvalue weighted by atomic mass is 16.6. The molecule has 7 N–H and O–H groups in total. The predicted molar refractivity (Wildman–Crippen MR) is 158 cm³/mol. The van der Waals surface area contributed by atoms with Crippen LogP contribution < -0.4 is 11.5 Å². The number of nitrogens with zero attached hydrogens (tertiary/aromatic N) is 3. The van der Waals surface area contributed by atoms with E-state index in [1.807, 2.05) is 19.9 Å². The number of aliphatic imine (C=N–C) groups is 2. The molecule has 3 rings (SSSR count). The monoisotopic (exact) mass is 602 g/mol. The highest BCUT2D eigenvalue weighted by Crippen LogP contribution is 2.41. The molecule has 13 nitrogen and oxygen atoms in total. The van der Waals surface area contributed by atoms with Crippen molar-refractivity contribution in [2.24, 2.45) is 39.2 Å². The van der Waals surface area contributed by atoms with Gasteiger partial charge < -0.3 is 40.9 Å². The molecule has 0 bridgehead atoms. The van der Waals surface area contributed by atoms with Crippen LogP contribution in [0.2, 0.25) is 0 Å². The van der Waals surface area contributed by atoms with Crippen LogP contribution in [0.4, 0.5) is 0 Å². The van der Waals surface area contributed by atoms with E-state index in [4.69, 9.17) is 25.7 Å². The third-order valence-electron chi connectivity index (χ3n) is 8.36. The molecule has 238 valence electrons. The van der Waals surface area contributed by atoms with Gasteiger partial charge in [0, 0.05) is 12.3 Å². The average molecular weight is 603 g/mol. The van der Waals surface area contributed by atoms with Gasteiger partial charge in [0.25, 0.3) is 0 Å². The Morgan fingerprint density at radius 3 is 2.58 bits per heavy atom. The van der Waals surface area contributed by atoms with Crippen molar-refractivity contribution in [3.63, 3.8) is 0 Å². The van der Waals surface area contributed by atoms with Gasteiger partial charge in [-0.2, -0.15) is 5.26 Å². The van der Waals surface area contributed by atoms with E-state index in [0.29, 0.717) is 12.1 Å². The van der Waals surface area contributed by atoms with Crippen LogP contribution in [0.15, 0.2) is 22.1 Å². The SMILES string of the molecule is CC[C@@H](C)C(O)N=C(N=CN)c1ccc([C@]2(C#N)O[C@H](COC(=O)CC3CCCCC3)[C@@H](OC(=O)[C@@H](N)C(C)C)[C@H]2O)[nH]1. The second kappa shape index (κ2) is 15.4. The first-order valence-electron chi connectivity index (χ1n) is 15.1. The molecule has 1 saturated carbocycles. The van der Waals surface area contributed by atoms with Crippen molar-refractivity contribution in [1.29, 1.82) is 5.26 Å². The summed E-state index contributed by atoms with van der Waals surface area (Å²) in [6.07, 6.45) is 1.91. The molecule has 2 heterocycles. The third-order valence-corrected chi connectivity index (χ3v) is 8.36. The number of hydrogen-bond acceptors (Lipinski definition) is 10. The van der Waals surface area contributed by atoms with Crippen LogP contribution in [0.3, 0.4) is 0 Å². The fourth-order valence-electron chi connectivity index (χ4n) is 5.25. The lowest BCUT2D eigenvalue weighted by Gasteiger charge is -2.25. The highest BCUT2D eigenvalue weighted by Gasteiger charge is 2.59. The van der Waals surface area contributed by atoms with Gasteiger partial charge in [0.05, 0.1) is 17.7 Å². The topological polar surface area (TPSA) is 219 Å². The molecule has 1 aliphatic heterocycles. The van der Waals surface area contributed by atoms with E-state index >= 15 is 0 Å². The zero-order chi connectivity index (χ0) is 31.7. The Labute approximate surface area is 252 Å². The first-order valence-corrected chi connectivity index (χ1v) is 15.1. The number of carbonyl (C=O) groups is 2. The van der Waals surface area contributed by atoms with Crippen LogP contribution in [0.25, 0.3) is 0 Å². The summed E-state index contributed by atoms with van der Waals surface area (Å²) in [5.74, 6) is -1.30. The van der Waals surface area contributed by atoms with E-state index < -0.39 is 48.1 Å². The summed E-state index contributed by atoms with van der Waals surface area (Å²) >= 11 is 0. The van der Waals surface area contributed by atoms with E-state index in [0.717, 1.165) is 38.4 Å². The van der Waals surface area contributed by atoms with Gasteiger partial charge in [-0.05, 0) is 43.2 Å². The fraction of sp³-hybridized carbons (Fsp3) is 0.700. The van der Waals surface area contributed by atoms with E-state index in [9.17, 15) is 25.1 Å². The molecule has 1 unspecified atom stereocenters. The lowest BCUT2D eigenvalue weighted by Crippen LogP contribution is -2.46. The molecule has 7 atom stereocenters. The maximum Gasteiger partial charge on any atom is 0.323 e. The van der Waals surface area contributed by atoms with Crippen LogP contribution in [-0.2, 0) is 29.4 Å². The van der Waals surface area contributed by atoms with Crippen LogP contribution in [0.1, 0.15) is 84.0 Å². The number of nitrogens with one attached hydrogen (secondary N) is 1. The summed E-state index contributed by atoms with van der Waals surface area (Å²) in [4.78, 5) is 36.8. The molecule has 13 heteroatoms. The van der Waals surface area contributed by atoms with Gasteiger partial charge in [-0.25, -0.2) is 9.98 Å². The number of H-pyrrole nitrogens is 1. The van der Waals surface area contributed by atoms with Gasteiger partial charge >= 0.3 is 11.9 Å². The number of hydrogen-bond donors (Lipinski definition) is 5. The van der Waals surface area contributed by atoms with E-state index in [1.54, 1.807) is 19.9 Å². The number of aromatic nitrogens is 1. The number of nitriles is 1. The van der Waals surface area contributed by atoms with Crippen molar-refractivity contribution in [2.75, 3.05) is 6.61 Å². The highest BCUT2D eigenvalue weighted by molar-refractivity contribution is 6.01. The minimum Gasteiger partial charge on any atom is -0.463 e. The summed E-state index contributed by atoms with van der Waals surface area (Å²) in [6.45, 7) is 6.90. The van der Waals surface area contributed by atoms with Crippen molar-refractivity contribution >= 4 is 24.1 Å². The Morgan fingerprint density at radius 1 is 1.28 bits per heavy atom. The minimum absolute atomic E-state index is 0.0706. The molecular weight excluding hydrogens is 556 g/mol. The minimum atomic E-state index is -2.04. The Balaban J connectivity index is 1.89. The van der Waals surface area contributed by atoms with Crippen LogP contribution in [0.5, 0.6) is 0 Å². The van der Waals surface area contributed by atoms with Crippen molar-refractivity contribution in [2.45, 2.75) is 109 Å². The molecule has 0 radical (unpaired) electrons. The van der Waals surface area contributed by atoms with Gasteiger partial charge in [-0.1, -0.05) is 47.0 Å². The third kappa shape index (κ3) is 8.20. The Bertz CT molecular complexity index is 1190. The van der Waals surface area contributed by atoms with Crippen LogP contribution >= 0.6 is 0 Å². The smallest absolute Gasteiger partial charge is 0.323 e. The van der Waals surface area contributed by atoms with E-state index in [2.05, 4.69) is 15.0 Å². The molecule has 1 aromatic heterocycles. The molecule has 2 aliphatic rings. The second-order valence-corrected chi connectivity index (χ2v) is 11.8. The Morgan fingerprint density at radius 2 is 1.98 bits per heavy atom. The molecule has 0 spiro atoms. The van der Waals surface area contributed by atoms with Crippen molar-refractivity contribution in [1.82, 2.24) is 4.98 Å². The number of aliphatic hydroxyl groups is 2. The van der Waals surface area contributed by atoms with E-state index in [-0.39, 0.29) is 42.3 Å². The number of amidine groups is 1. The average Bonchev–Trinajstić information content (AvgIpc) is 3.59. The number of esters is 2. The molecule has 0 amide bonds. The molecule has 1 aliphatic carbocycles. The van der Waals surface area contributed by atoms with Gasteiger partial charge in [0.1, 0.15) is 37.2 Å². The first-order chi connectivity index (χ1) is 20.5. The molecule has 2 fully saturated rings. The molecule has 43 heavy (non-hydrogen) atoms. The zero-order valence-corrected chi connectivity index (χ0v) is 25.4. The molecular formula is C30H46N6O7. The second-order valence-electron chi connectivity index (χ2n) is 11.8. The normalized spacial score (nSPS) is 27.1. The lowest BCUT2D eigenvalue weighted by atomic mass is 9.87. The van der Waals surface area contributed by atoms with Crippen molar-refractivity contribution in [3.8, 4) is 6.07 Å². The molecule has 0 aromatic carbocycles. The summed E-state index contributed by atoms with van der Waals surface area (Å²) in [6, 6.07) is 4.07. The fourth-order valence-corrected chi connectivity index (χ4v) is 5.25. The predicted octanol–water partition coefficient (Wildman–Crippen LogP) is 2.00. The van der Waals surface area contributed by atoms with Crippen molar-refractivity contribution in [3.05, 3.63) is 23.5 Å². The lowest BCUT2D eigenvalue weighted by molar-refractivity contribution is -0.162. The summed E-state index contributed by atoms with van der Waals surface area (Å²) in [5.41, 5.74) is 9.87. The Kier molecular flexibility index (Phi) is 12.3. The largest absolute Gasteiger partial charge is 0.463 e. The van der Waals surface area contributed by atoms with Gasteiger partial charge in [-0.15, -0.1) is 0 Å². The maximum absolute atomic E-state index is 12.8. The number of nitrogens with two attached hydrogens (primary N) is 2. The van der Waals surface area contributed by atoms with Gasteiger partial charge in [0.2, 0.25) is 5.60 Å². The van der Waals surface area contributed by atoms with Crippen molar-refractivity contribution < 1.29 is 34.0 Å². The quantitative estimate of drug-likeness (QED) is 0.133. The standard InChI is InChI=1S/C30H46N6O7/c1-5-18(4)28(39)36-27(34-16-32)20-11-12-22(35-20)30(15-31)26(38)25(42-29(40)24(33)17(2)3)21(43-30)14-41-23(37)13-19-9-7-6-8-10-19/h11-12,16-19,21,24-26,28,35,38-39H,5-10,13-14,33H2,1-4H3,(H2,32,34,36)/t18-,21-,24+,25-,26-,28?,30+/m1/s1. The number of aromatic amines is 1. The Hall–Kier alpha value is -3.31. The summed E-state index contributed by atoms with van der Waals surface area (Å²) in [5, 5.41) is 32.3. The number of ether oxygens (including phenoxy) is 3. The molecule has 1 aromatic rings. The first kappa shape index (κ1) is 34.2. The summed E-state index contributed by atoms with van der Waals surface area (Å²) in [7, 11) is 0. The van der Waals surface area contributed by atoms with Gasteiger partial charge in [0.15, 0.2) is 11.9 Å². The zero-order valence-electron chi connectivity index (χ0n) is 25.4. The van der Waals surface area contributed by atoms with E-state index in [1.165, 1.54) is 6.07 Å². The van der Waals surface area contributed by atoms with Gasteiger partial charge in [-0.3, -0.25) is 9.59 Å². The number of aliphatic hydroxyl groups excluding tert-OH is 2. The number of carbonyl (C=O) groups excluding carboxylic acids is 2. The van der Waals surface area contributed by atoms with Crippen LogP contribution in [0, 0.1) is 29.1 Å². The van der Waals surface area contributed by atoms with Crippen LogP contribution in [-0.4, -0.2) is 76.5 Å².